The Morgan fingerprint density at radius 2 is 2.09 bits per heavy atom. The van der Waals surface area contributed by atoms with Crippen LogP contribution in [0.1, 0.15) is 54.4 Å². The molecule has 1 aromatic carbocycles. The molecule has 23 heavy (non-hydrogen) atoms. The summed E-state index contributed by atoms with van der Waals surface area (Å²) in [5, 5.41) is 5.42. The lowest BCUT2D eigenvalue weighted by molar-refractivity contribution is 0.234. The molecule has 0 radical (unpaired) electrons. The van der Waals surface area contributed by atoms with Crippen LogP contribution in [0.4, 0.5) is 0 Å². The number of hydrogen-bond acceptors (Lipinski definition) is 6. The van der Waals surface area contributed by atoms with Crippen molar-refractivity contribution >= 4 is 21.6 Å². The summed E-state index contributed by atoms with van der Waals surface area (Å²) >= 11 is 1.78. The summed E-state index contributed by atoms with van der Waals surface area (Å²) in [4.78, 5) is 11.9. The molecule has 2 aliphatic rings. The van der Waals surface area contributed by atoms with Crippen LogP contribution in [-0.2, 0) is 6.54 Å². The molecule has 3 heterocycles. The first-order chi connectivity index (χ1) is 11.4. The summed E-state index contributed by atoms with van der Waals surface area (Å²) < 4.78 is 6.70. The molecule has 118 valence electrons. The summed E-state index contributed by atoms with van der Waals surface area (Å²) in [6.45, 7) is 1.95. The zero-order chi connectivity index (χ0) is 15.2. The third-order valence-electron chi connectivity index (χ3n) is 4.72. The first-order valence-electron chi connectivity index (χ1n) is 8.29. The lowest BCUT2D eigenvalue weighted by Gasteiger charge is -2.20. The van der Waals surface area contributed by atoms with Gasteiger partial charge >= 0.3 is 0 Å². The Hall–Kier alpha value is -1.79. The third-order valence-corrected chi connectivity index (χ3v) is 5.74. The van der Waals surface area contributed by atoms with Crippen molar-refractivity contribution in [3.8, 4) is 0 Å². The van der Waals surface area contributed by atoms with E-state index >= 15 is 0 Å². The number of fused-ring (bicyclic) bond motifs is 1. The summed E-state index contributed by atoms with van der Waals surface area (Å²) in [7, 11) is 0. The third kappa shape index (κ3) is 2.56. The predicted molar refractivity (Wildman–Crippen MR) is 88.3 cm³/mol. The Morgan fingerprint density at radius 1 is 1.17 bits per heavy atom. The fourth-order valence-electron chi connectivity index (χ4n) is 3.35. The summed E-state index contributed by atoms with van der Waals surface area (Å²) in [5.74, 6) is 2.23. The van der Waals surface area contributed by atoms with Gasteiger partial charge in [-0.1, -0.05) is 17.3 Å². The van der Waals surface area contributed by atoms with Gasteiger partial charge in [0.2, 0.25) is 5.89 Å². The van der Waals surface area contributed by atoms with Crippen LogP contribution in [0.5, 0.6) is 0 Å². The van der Waals surface area contributed by atoms with Crippen LogP contribution in [0.25, 0.3) is 10.2 Å². The highest BCUT2D eigenvalue weighted by atomic mass is 32.1. The van der Waals surface area contributed by atoms with Gasteiger partial charge in [0, 0.05) is 5.92 Å². The largest absolute Gasteiger partial charge is 0.339 e. The number of aromatic nitrogens is 3. The second-order valence-electron chi connectivity index (χ2n) is 6.47. The van der Waals surface area contributed by atoms with Gasteiger partial charge in [-0.3, -0.25) is 4.90 Å². The minimum absolute atomic E-state index is 0.276. The van der Waals surface area contributed by atoms with Crippen molar-refractivity contribution in [2.24, 2.45) is 0 Å². The topological polar surface area (TPSA) is 55.1 Å². The fraction of sp³-hybridized carbons (Fsp3) is 0.471. The molecule has 0 spiro atoms. The van der Waals surface area contributed by atoms with Crippen LogP contribution in [0, 0.1) is 0 Å². The number of nitrogens with zero attached hydrogens (tertiary/aromatic N) is 4. The molecule has 1 aliphatic carbocycles. The van der Waals surface area contributed by atoms with Gasteiger partial charge in [-0.25, -0.2) is 4.98 Å². The van der Waals surface area contributed by atoms with Crippen molar-refractivity contribution in [2.75, 3.05) is 6.54 Å². The first-order valence-corrected chi connectivity index (χ1v) is 9.10. The maximum Gasteiger partial charge on any atom is 0.229 e. The highest BCUT2D eigenvalue weighted by molar-refractivity contribution is 7.18. The quantitative estimate of drug-likeness (QED) is 0.728. The molecule has 2 fully saturated rings. The molecule has 6 heteroatoms. The van der Waals surface area contributed by atoms with Crippen molar-refractivity contribution < 1.29 is 4.52 Å². The smallest absolute Gasteiger partial charge is 0.229 e. The fourth-order valence-corrected chi connectivity index (χ4v) is 4.34. The predicted octanol–water partition coefficient (Wildman–Crippen LogP) is 3.89. The van der Waals surface area contributed by atoms with Gasteiger partial charge in [0.25, 0.3) is 0 Å². The van der Waals surface area contributed by atoms with E-state index in [2.05, 4.69) is 33.2 Å². The molecule has 5 nitrogen and oxygen atoms in total. The number of likely N-dealkylation sites (tertiary alicyclic amines) is 1. The van der Waals surface area contributed by atoms with Crippen molar-refractivity contribution in [1.29, 1.82) is 0 Å². The van der Waals surface area contributed by atoms with Crippen molar-refractivity contribution in [1.82, 2.24) is 20.0 Å². The normalized spacial score (nSPS) is 22.2. The second-order valence-corrected chi connectivity index (χ2v) is 7.58. The molecular formula is C17H18N4OS. The highest BCUT2D eigenvalue weighted by Crippen LogP contribution is 2.40. The van der Waals surface area contributed by atoms with Crippen LogP contribution in [0.3, 0.4) is 0 Å². The lowest BCUT2D eigenvalue weighted by atomic mass is 10.2. The van der Waals surface area contributed by atoms with E-state index < -0.39 is 0 Å². The van der Waals surface area contributed by atoms with E-state index in [-0.39, 0.29) is 6.04 Å². The van der Waals surface area contributed by atoms with Crippen LogP contribution in [0.15, 0.2) is 28.8 Å². The van der Waals surface area contributed by atoms with E-state index in [9.17, 15) is 0 Å². The van der Waals surface area contributed by atoms with E-state index in [0.29, 0.717) is 5.92 Å². The van der Waals surface area contributed by atoms with E-state index in [1.165, 1.54) is 29.0 Å². The molecule has 3 aromatic rings. The second kappa shape index (κ2) is 5.39. The lowest BCUT2D eigenvalue weighted by Crippen LogP contribution is -2.23. The van der Waals surface area contributed by atoms with Crippen molar-refractivity contribution in [3.63, 3.8) is 0 Å². The maximum absolute atomic E-state index is 5.45. The molecule has 0 N–H and O–H groups in total. The van der Waals surface area contributed by atoms with E-state index in [4.69, 9.17) is 9.51 Å². The average molecular weight is 326 g/mol. The molecule has 1 atom stereocenters. The molecule has 1 aliphatic heterocycles. The molecular weight excluding hydrogens is 308 g/mol. The van der Waals surface area contributed by atoms with Crippen molar-refractivity contribution in [3.05, 3.63) is 41.0 Å². The zero-order valence-corrected chi connectivity index (χ0v) is 13.6. The standard InChI is InChI=1S/C17H18N4OS/c1-2-6-14-12(4-1)18-15(23-14)10-21-9-3-5-13(21)16-19-17(22-20-16)11-7-8-11/h1-2,4,6,11,13H,3,5,7-10H2/t13-/m1/s1. The van der Waals surface area contributed by atoms with Gasteiger partial charge in [0.15, 0.2) is 5.82 Å². The number of rotatable bonds is 4. The van der Waals surface area contributed by atoms with Gasteiger partial charge in [0.05, 0.1) is 22.8 Å². The van der Waals surface area contributed by atoms with Crippen molar-refractivity contribution in [2.45, 2.75) is 44.2 Å². The van der Waals surface area contributed by atoms with Crippen LogP contribution in [-0.4, -0.2) is 26.6 Å². The molecule has 0 amide bonds. The Morgan fingerprint density at radius 3 is 2.96 bits per heavy atom. The van der Waals surface area contributed by atoms with E-state index in [1.807, 2.05) is 6.07 Å². The Labute approximate surface area is 138 Å². The molecule has 0 unspecified atom stereocenters. The SMILES string of the molecule is c1ccc2sc(CN3CCC[C@@H]3c3noc(C4CC4)n3)nc2c1. The van der Waals surface area contributed by atoms with Gasteiger partial charge < -0.3 is 4.52 Å². The number of para-hydroxylation sites is 1. The minimum atomic E-state index is 0.276. The van der Waals surface area contributed by atoms with Gasteiger partial charge in [-0.05, 0) is 44.4 Å². The van der Waals surface area contributed by atoms with Crippen LogP contribution >= 0.6 is 11.3 Å². The van der Waals surface area contributed by atoms with E-state index in [1.54, 1.807) is 11.3 Å². The Kier molecular flexibility index (Phi) is 3.19. The Balaban J connectivity index is 1.37. The van der Waals surface area contributed by atoms with Gasteiger partial charge in [0.1, 0.15) is 5.01 Å². The minimum Gasteiger partial charge on any atom is -0.339 e. The average Bonchev–Trinajstić information content (AvgIpc) is 3.00. The molecule has 1 saturated carbocycles. The molecule has 1 saturated heterocycles. The summed E-state index contributed by atoms with van der Waals surface area (Å²) in [6.07, 6.45) is 4.68. The van der Waals surface area contributed by atoms with E-state index in [0.717, 1.165) is 36.7 Å². The van der Waals surface area contributed by atoms with Gasteiger partial charge in [-0.2, -0.15) is 4.98 Å². The monoisotopic (exact) mass is 326 g/mol. The number of benzene rings is 1. The molecule has 5 rings (SSSR count). The Bertz CT molecular complexity index is 805. The molecule has 2 aromatic heterocycles. The number of hydrogen-bond donors (Lipinski definition) is 0. The first kappa shape index (κ1) is 13.6. The van der Waals surface area contributed by atoms with Crippen LogP contribution < -0.4 is 0 Å². The van der Waals surface area contributed by atoms with Crippen LogP contribution in [0.2, 0.25) is 0 Å². The highest BCUT2D eigenvalue weighted by Gasteiger charge is 2.34. The summed E-state index contributed by atoms with van der Waals surface area (Å²) in [5.41, 5.74) is 1.10. The zero-order valence-electron chi connectivity index (χ0n) is 12.8. The molecule has 0 bridgehead atoms. The number of thiazole rings is 1. The summed E-state index contributed by atoms with van der Waals surface area (Å²) in [6, 6.07) is 8.61. The maximum atomic E-state index is 5.45. The van der Waals surface area contributed by atoms with Gasteiger partial charge in [-0.15, -0.1) is 11.3 Å².